The van der Waals surface area contributed by atoms with Gasteiger partial charge in [0, 0.05) is 11.8 Å². The number of nitrogens with one attached hydrogen (secondary N) is 2. The fraction of sp³-hybridized carbons (Fsp3) is 0.154. The van der Waals surface area contributed by atoms with Gasteiger partial charge < -0.3 is 10.2 Å². The Balaban J connectivity index is 1.70. The first-order valence-corrected chi connectivity index (χ1v) is 8.66. The Hall–Kier alpha value is -2.34. The molecule has 3 rings (SSSR count). The number of hydrazine groups is 2. The van der Waals surface area contributed by atoms with E-state index in [9.17, 15) is 18.6 Å². The van der Waals surface area contributed by atoms with E-state index in [1.54, 1.807) is 17.3 Å². The van der Waals surface area contributed by atoms with E-state index < -0.39 is 21.5 Å². The molecule has 0 fully saturated rings. The molecule has 24 heavy (non-hydrogen) atoms. The highest BCUT2D eigenvalue weighted by molar-refractivity contribution is 7.89. The molecule has 2 aliphatic rings. The third-order valence-corrected chi connectivity index (χ3v) is 4.94. The predicted octanol–water partition coefficient (Wildman–Crippen LogP) is 0.683. The molecule has 0 aromatic heterocycles. The van der Waals surface area contributed by atoms with Crippen molar-refractivity contribution < 1.29 is 18.6 Å². The Kier molecular flexibility index (Phi) is 4.09. The van der Waals surface area contributed by atoms with Gasteiger partial charge in [-0.15, -0.1) is 5.53 Å². The molecule has 9 nitrogen and oxygen atoms in total. The highest BCUT2D eigenvalue weighted by Gasteiger charge is 2.26. The van der Waals surface area contributed by atoms with Crippen LogP contribution in [0.15, 0.2) is 51.2 Å². The number of allylic oxidation sites excluding steroid dienone is 1. The van der Waals surface area contributed by atoms with E-state index in [4.69, 9.17) is 12.6 Å². The monoisotopic (exact) mass is 368 g/mol. The van der Waals surface area contributed by atoms with E-state index in [0.29, 0.717) is 10.9 Å². The molecular formula is C13H14N5O4S2. The van der Waals surface area contributed by atoms with Crippen molar-refractivity contribution in [2.24, 2.45) is 4.99 Å². The van der Waals surface area contributed by atoms with Gasteiger partial charge in [-0.05, 0) is 25.1 Å². The van der Waals surface area contributed by atoms with Crippen LogP contribution in [0.2, 0.25) is 0 Å². The normalized spacial score (nSPS) is 17.3. The first-order chi connectivity index (χ1) is 11.3. The first kappa shape index (κ1) is 16.5. The molecule has 127 valence electrons. The molecule has 0 spiro atoms. The number of phenolic OH excluding ortho intramolecular Hbond substituents is 2. The summed E-state index contributed by atoms with van der Waals surface area (Å²) >= 11 is 5.20. The second-order valence-electron chi connectivity index (χ2n) is 5.08. The van der Waals surface area contributed by atoms with Crippen LogP contribution < -0.4 is 10.3 Å². The smallest absolute Gasteiger partial charge is 0.242 e. The minimum atomic E-state index is -3.87. The summed E-state index contributed by atoms with van der Waals surface area (Å²) in [5, 5.41) is 22.2. The zero-order valence-corrected chi connectivity index (χ0v) is 14.1. The molecule has 2 aliphatic heterocycles. The first-order valence-electron chi connectivity index (χ1n) is 6.77. The standard InChI is InChI=1S/C13H14N5O4S2/c1-8-4-13(23)18-12(15-8)6-17(16-18)7-14-24(21,22)9-2-3-10(19)11(20)5-9/h2-6,14,16,19-20H,7H2,1H3. The lowest BCUT2D eigenvalue weighted by molar-refractivity contribution is 0.166. The lowest BCUT2D eigenvalue weighted by Crippen LogP contribution is -2.45. The molecule has 0 amide bonds. The summed E-state index contributed by atoms with van der Waals surface area (Å²) in [6.07, 6.45) is 3.33. The van der Waals surface area contributed by atoms with Crippen molar-refractivity contribution in [3.63, 3.8) is 0 Å². The Bertz CT molecular complexity index is 878. The zero-order valence-electron chi connectivity index (χ0n) is 12.5. The number of aliphatic imine (C=N–C) groups is 1. The predicted molar refractivity (Wildman–Crippen MR) is 88.6 cm³/mol. The van der Waals surface area contributed by atoms with Crippen LogP contribution in [0.5, 0.6) is 11.5 Å². The Morgan fingerprint density at radius 3 is 2.79 bits per heavy atom. The summed E-state index contributed by atoms with van der Waals surface area (Å²) in [6, 6.07) is 3.26. The fourth-order valence-corrected chi connectivity index (χ4v) is 3.39. The molecular weight excluding hydrogens is 354 g/mol. The molecule has 0 bridgehead atoms. The SMILES string of the molecule is CC1=NC2=CN(CNS(=O)(=O)c3ccc(O)c(O)c3)NN2C([S])=C1. The van der Waals surface area contributed by atoms with Gasteiger partial charge in [-0.3, -0.25) is 5.01 Å². The van der Waals surface area contributed by atoms with Crippen LogP contribution in [-0.2, 0) is 10.0 Å². The number of hydrogen-bond acceptors (Lipinski definition) is 8. The summed E-state index contributed by atoms with van der Waals surface area (Å²) in [7, 11) is -3.87. The molecule has 0 unspecified atom stereocenters. The Morgan fingerprint density at radius 2 is 2.08 bits per heavy atom. The van der Waals surface area contributed by atoms with Crippen molar-refractivity contribution in [1.82, 2.24) is 20.3 Å². The van der Waals surface area contributed by atoms with Crippen LogP contribution in [-0.4, -0.2) is 41.0 Å². The quantitative estimate of drug-likeness (QED) is 0.577. The molecule has 4 N–H and O–H groups in total. The van der Waals surface area contributed by atoms with E-state index in [-0.39, 0.29) is 11.6 Å². The number of nitrogens with zero attached hydrogens (tertiary/aromatic N) is 3. The molecule has 11 heteroatoms. The summed E-state index contributed by atoms with van der Waals surface area (Å²) < 4.78 is 26.8. The molecule has 2 heterocycles. The van der Waals surface area contributed by atoms with Crippen molar-refractivity contribution in [3.8, 4) is 11.5 Å². The lowest BCUT2D eigenvalue weighted by Gasteiger charge is -2.24. The van der Waals surface area contributed by atoms with Gasteiger partial charge in [-0.1, -0.05) is 12.6 Å². The van der Waals surface area contributed by atoms with Gasteiger partial charge in [0.15, 0.2) is 17.3 Å². The van der Waals surface area contributed by atoms with Crippen LogP contribution in [0, 0.1) is 0 Å². The van der Waals surface area contributed by atoms with Crippen molar-refractivity contribution in [2.75, 3.05) is 6.67 Å². The molecule has 0 aliphatic carbocycles. The molecule has 1 aromatic carbocycles. The van der Waals surface area contributed by atoms with Gasteiger partial charge in [0.05, 0.1) is 17.8 Å². The third kappa shape index (κ3) is 3.14. The summed E-state index contributed by atoms with van der Waals surface area (Å²) in [5.41, 5.74) is 3.64. The highest BCUT2D eigenvalue weighted by atomic mass is 32.2. The third-order valence-electron chi connectivity index (χ3n) is 3.25. The fourth-order valence-electron chi connectivity index (χ4n) is 2.09. The molecule has 1 radical (unpaired) electrons. The number of fused-ring (bicyclic) bond motifs is 1. The summed E-state index contributed by atoms with van der Waals surface area (Å²) in [5.74, 6) is -0.349. The molecule has 0 saturated carbocycles. The van der Waals surface area contributed by atoms with Gasteiger partial charge in [0.1, 0.15) is 5.03 Å². The molecule has 0 atom stereocenters. The number of phenols is 2. The van der Waals surface area contributed by atoms with Gasteiger partial charge in [0.25, 0.3) is 0 Å². The zero-order chi connectivity index (χ0) is 17.5. The van der Waals surface area contributed by atoms with Gasteiger partial charge >= 0.3 is 0 Å². The van der Waals surface area contributed by atoms with Gasteiger partial charge in [-0.25, -0.2) is 18.4 Å². The van der Waals surface area contributed by atoms with Crippen LogP contribution in [0.3, 0.4) is 0 Å². The largest absolute Gasteiger partial charge is 0.504 e. The average Bonchev–Trinajstić information content (AvgIpc) is 2.91. The van der Waals surface area contributed by atoms with Crippen molar-refractivity contribution in [3.05, 3.63) is 41.3 Å². The number of rotatable bonds is 4. The number of benzene rings is 1. The van der Waals surface area contributed by atoms with E-state index in [1.165, 1.54) is 11.1 Å². The average molecular weight is 368 g/mol. The van der Waals surface area contributed by atoms with E-state index in [2.05, 4.69) is 15.2 Å². The maximum absolute atomic E-state index is 12.2. The minimum Gasteiger partial charge on any atom is -0.504 e. The van der Waals surface area contributed by atoms with E-state index in [0.717, 1.165) is 17.8 Å². The van der Waals surface area contributed by atoms with Crippen molar-refractivity contribution >= 4 is 28.4 Å². The van der Waals surface area contributed by atoms with E-state index in [1.807, 2.05) is 6.92 Å². The van der Waals surface area contributed by atoms with Crippen LogP contribution in [0.1, 0.15) is 6.92 Å². The molecule has 0 saturated heterocycles. The lowest BCUT2D eigenvalue weighted by atomic mass is 10.3. The van der Waals surface area contributed by atoms with Crippen molar-refractivity contribution in [2.45, 2.75) is 11.8 Å². The van der Waals surface area contributed by atoms with Crippen LogP contribution >= 0.6 is 12.6 Å². The van der Waals surface area contributed by atoms with E-state index >= 15 is 0 Å². The van der Waals surface area contributed by atoms with Crippen LogP contribution in [0.4, 0.5) is 0 Å². The van der Waals surface area contributed by atoms with Crippen LogP contribution in [0.25, 0.3) is 0 Å². The summed E-state index contributed by atoms with van der Waals surface area (Å²) in [4.78, 5) is 4.12. The number of sulfonamides is 1. The minimum absolute atomic E-state index is 0.0961. The Morgan fingerprint density at radius 1 is 1.33 bits per heavy atom. The number of aromatic hydroxyl groups is 2. The summed E-state index contributed by atoms with van der Waals surface area (Å²) in [6.45, 7) is 1.72. The van der Waals surface area contributed by atoms with Crippen molar-refractivity contribution in [1.29, 1.82) is 0 Å². The molecule has 1 aromatic rings. The maximum atomic E-state index is 12.2. The van der Waals surface area contributed by atoms with Gasteiger partial charge in [-0.2, -0.15) is 4.72 Å². The number of hydrogen-bond donors (Lipinski definition) is 4. The van der Waals surface area contributed by atoms with Gasteiger partial charge in [0.2, 0.25) is 10.0 Å². The topological polar surface area (TPSA) is 118 Å². The maximum Gasteiger partial charge on any atom is 0.242 e. The second kappa shape index (κ2) is 5.94. The second-order valence-corrected chi connectivity index (χ2v) is 7.27. The Labute approximate surface area is 144 Å². The highest BCUT2D eigenvalue weighted by Crippen LogP contribution is 2.27.